The van der Waals surface area contributed by atoms with E-state index in [0.29, 0.717) is 0 Å². The molecule has 0 amide bonds. The molecule has 0 aliphatic rings. The van der Waals surface area contributed by atoms with Crippen LogP contribution in [0.25, 0.3) is 0 Å². The molecule has 0 bridgehead atoms. The second-order valence-corrected chi connectivity index (χ2v) is 2.20. The normalized spacial score (nSPS) is 6.25. The van der Waals surface area contributed by atoms with Gasteiger partial charge in [-0.2, -0.15) is 0 Å². The van der Waals surface area contributed by atoms with E-state index in [-0.39, 0.29) is 0 Å². The van der Waals surface area contributed by atoms with Crippen molar-refractivity contribution in [2.24, 2.45) is 0 Å². The Morgan fingerprint density at radius 3 is 2.25 bits per heavy atom. The zero-order valence-corrected chi connectivity index (χ0v) is 6.67. The van der Waals surface area contributed by atoms with Crippen molar-refractivity contribution in [3.05, 3.63) is 0 Å². The van der Waals surface area contributed by atoms with Crippen LogP contribution in [0.5, 0.6) is 0 Å². The molecule has 0 aliphatic heterocycles. The van der Waals surface area contributed by atoms with Gasteiger partial charge in [-0.05, 0) is 0 Å². The summed E-state index contributed by atoms with van der Waals surface area (Å²) in [6.07, 6.45) is 1.26. The van der Waals surface area contributed by atoms with Gasteiger partial charge in [0.25, 0.3) is 0 Å². The van der Waals surface area contributed by atoms with Gasteiger partial charge in [0.2, 0.25) is 0 Å². The molecule has 0 saturated heterocycles. The van der Waals surface area contributed by atoms with E-state index < -0.39 is 0 Å². The summed E-state index contributed by atoms with van der Waals surface area (Å²) < 4.78 is 2.26. The van der Waals surface area contributed by atoms with Gasteiger partial charge in [0, 0.05) is 0 Å². The van der Waals surface area contributed by atoms with Crippen LogP contribution < -0.4 is 0 Å². The summed E-state index contributed by atoms with van der Waals surface area (Å²) in [5, 5.41) is 0. The molecule has 0 N–H and O–H groups in total. The number of hydrogen-bond donors (Lipinski definition) is 0. The van der Waals surface area contributed by atoms with Crippen molar-refractivity contribution in [2.45, 2.75) is 13.3 Å². The Labute approximate surface area is 42.4 Å². The number of rotatable bonds is 1. The van der Waals surface area contributed by atoms with Gasteiger partial charge in [0.15, 0.2) is 0 Å². The van der Waals surface area contributed by atoms with Crippen LogP contribution >= 0.6 is 0 Å². The fourth-order valence-corrected chi connectivity index (χ4v) is 0. The van der Waals surface area contributed by atoms with E-state index in [0.717, 1.165) is 0 Å². The quantitative estimate of drug-likeness (QED) is 0.589. The van der Waals surface area contributed by atoms with Crippen LogP contribution in [0.1, 0.15) is 13.3 Å². The minimum absolute atomic E-state index is 1.26. The zero-order valence-electron chi connectivity index (χ0n) is 2.78. The molecule has 0 saturated carbocycles. The van der Waals surface area contributed by atoms with Gasteiger partial charge in [-0.1, -0.05) is 0 Å². The third-order valence-electron chi connectivity index (χ3n) is 0.204. The van der Waals surface area contributed by atoms with E-state index in [1.165, 1.54) is 31.7 Å². The van der Waals surface area contributed by atoms with Gasteiger partial charge in [0.05, 0.1) is 0 Å². The fraction of sp³-hybridized carbons (Fsp3) is 0.667. The summed E-state index contributed by atoms with van der Waals surface area (Å²) in [5.41, 5.74) is 0. The molecule has 0 spiro atoms. The average molecular weight is 249 g/mol. The molecule has 22 valence electrons. The molecule has 0 aromatic heterocycles. The molecule has 1 heteroatoms. The molecule has 0 aliphatic carbocycles. The van der Waals surface area contributed by atoms with Crippen molar-refractivity contribution in [3.63, 3.8) is 0 Å². The van der Waals surface area contributed by atoms with Crippen LogP contribution in [0.4, 0.5) is 0 Å². The molecule has 0 atom stereocenters. The third kappa shape index (κ3) is 2.79. The van der Waals surface area contributed by atoms with E-state index in [9.17, 15) is 0 Å². The van der Waals surface area contributed by atoms with Crippen molar-refractivity contribution >= 4 is 28.8 Å². The molecular weight excluding hydrogens is 243 g/mol. The summed E-state index contributed by atoms with van der Waals surface area (Å²) in [5.74, 6) is 0. The summed E-state index contributed by atoms with van der Waals surface area (Å²) >= 11 is 1.26. The third-order valence-corrected chi connectivity index (χ3v) is 1.79. The van der Waals surface area contributed by atoms with Crippen molar-refractivity contribution in [1.29, 1.82) is 0 Å². The summed E-state index contributed by atoms with van der Waals surface area (Å²) in [7, 11) is 0. The molecule has 0 nitrogen and oxygen atoms in total. The Morgan fingerprint density at radius 2 is 2.25 bits per heavy atom. The van der Waals surface area contributed by atoms with E-state index in [1.54, 1.807) is 0 Å². The predicted octanol–water partition coefficient (Wildman–Crippen LogP) is 0.367. The first-order valence-electron chi connectivity index (χ1n) is 1.40. The van der Waals surface area contributed by atoms with Gasteiger partial charge < -0.3 is 0 Å². The Balaban J connectivity index is 2.30. The summed E-state index contributed by atoms with van der Waals surface area (Å²) in [4.78, 5) is 0. The van der Waals surface area contributed by atoms with Crippen molar-refractivity contribution < 1.29 is 0 Å². The minimum atomic E-state index is 1.26. The van der Waals surface area contributed by atoms with Crippen LogP contribution in [-0.4, -0.2) is 28.8 Å². The van der Waals surface area contributed by atoms with Crippen LogP contribution in [0, 0.1) is 0 Å². The molecule has 2 radical (unpaired) electrons. The first-order valence-corrected chi connectivity index (χ1v) is 3.65. The van der Waals surface area contributed by atoms with Gasteiger partial charge in [0.1, 0.15) is 0 Å². The standard InChI is InChI=1S/C3H6.Pb/c1-3-2;/h1H,3H2,2H3;. The Kier molecular flexibility index (Phi) is 4.54. The molecule has 0 aromatic carbocycles. The Morgan fingerprint density at radius 1 is 2.00 bits per heavy atom. The van der Waals surface area contributed by atoms with Crippen molar-refractivity contribution in [2.75, 3.05) is 0 Å². The summed E-state index contributed by atoms with van der Waals surface area (Å²) in [6.45, 7) is 2.16. The molecule has 0 heterocycles. The first kappa shape index (κ1) is 4.79. The fourth-order valence-electron chi connectivity index (χ4n) is 0. The Hall–Kier alpha value is 0.792. The van der Waals surface area contributed by atoms with Gasteiger partial charge in [-0.3, -0.25) is 0 Å². The topological polar surface area (TPSA) is 0 Å². The maximum atomic E-state index is 2.26. The van der Waals surface area contributed by atoms with Crippen LogP contribution in [-0.2, 0) is 0 Å². The van der Waals surface area contributed by atoms with E-state index in [4.69, 9.17) is 0 Å². The SMILES string of the molecule is CC[CH]=[Pb]. The molecular formula is C3H6Pb. The van der Waals surface area contributed by atoms with E-state index >= 15 is 0 Å². The maximum absolute atomic E-state index is 2.26. The first-order chi connectivity index (χ1) is 1.91. The van der Waals surface area contributed by atoms with Crippen LogP contribution in [0.3, 0.4) is 0 Å². The van der Waals surface area contributed by atoms with E-state index in [2.05, 4.69) is 10.5 Å². The molecule has 0 aromatic rings. The predicted molar refractivity (Wildman–Crippen MR) is 22.1 cm³/mol. The van der Waals surface area contributed by atoms with Crippen LogP contribution in [0.2, 0.25) is 0 Å². The molecule has 0 fully saturated rings. The van der Waals surface area contributed by atoms with E-state index in [1.807, 2.05) is 0 Å². The van der Waals surface area contributed by atoms with Gasteiger partial charge in [-0.15, -0.1) is 0 Å². The van der Waals surface area contributed by atoms with Crippen molar-refractivity contribution in [1.82, 2.24) is 0 Å². The summed E-state index contributed by atoms with van der Waals surface area (Å²) in [6, 6.07) is 0. The van der Waals surface area contributed by atoms with Gasteiger partial charge in [-0.25, -0.2) is 0 Å². The molecule has 0 unspecified atom stereocenters. The van der Waals surface area contributed by atoms with Crippen LogP contribution in [0.15, 0.2) is 0 Å². The second-order valence-electron chi connectivity index (χ2n) is 0.612. The zero-order chi connectivity index (χ0) is 3.41. The molecule has 0 rings (SSSR count). The number of hydrogen-bond acceptors (Lipinski definition) is 0. The van der Waals surface area contributed by atoms with Gasteiger partial charge >= 0.3 is 42.2 Å². The Bertz CT molecular complexity index is 17.2. The average Bonchev–Trinajstić information content (AvgIpc) is 1.37. The van der Waals surface area contributed by atoms with Crippen molar-refractivity contribution in [3.8, 4) is 0 Å². The monoisotopic (exact) mass is 250 g/mol. The molecule has 4 heavy (non-hydrogen) atoms. The second kappa shape index (κ2) is 3.79.